The lowest BCUT2D eigenvalue weighted by Crippen LogP contribution is -2.43. The normalized spacial score (nSPS) is 9.65. The number of carboxylic acids is 1. The number of carbonyl (C=O) groups excluding carboxylic acids is 1. The predicted octanol–water partition coefficient (Wildman–Crippen LogP) is 1.40. The summed E-state index contributed by atoms with van der Waals surface area (Å²) in [5, 5.41) is 8.73. The molecular formula is C14H15FN2O3. The first-order valence-corrected chi connectivity index (χ1v) is 5.84. The van der Waals surface area contributed by atoms with Gasteiger partial charge < -0.3 is 14.9 Å². The topological polar surface area (TPSA) is 60.9 Å². The summed E-state index contributed by atoms with van der Waals surface area (Å²) in [6.45, 7) is -0.580. The number of carbonyl (C=O) groups is 2. The quantitative estimate of drug-likeness (QED) is 0.828. The molecule has 0 bridgehead atoms. The van der Waals surface area contributed by atoms with Gasteiger partial charge in [-0.3, -0.25) is 4.79 Å². The highest BCUT2D eigenvalue weighted by Crippen LogP contribution is 2.10. The molecule has 5 nitrogen and oxygen atoms in total. The number of hydrogen-bond donors (Lipinski definition) is 1. The smallest absolute Gasteiger partial charge is 0.323 e. The van der Waals surface area contributed by atoms with Crippen LogP contribution in [0, 0.1) is 18.2 Å². The van der Waals surface area contributed by atoms with Gasteiger partial charge in [0.15, 0.2) is 0 Å². The zero-order chi connectivity index (χ0) is 15.1. The fourth-order valence-corrected chi connectivity index (χ4v) is 1.66. The molecule has 1 rings (SSSR count). The molecule has 0 aliphatic carbocycles. The highest BCUT2D eigenvalue weighted by molar-refractivity contribution is 5.80. The maximum Gasteiger partial charge on any atom is 0.323 e. The molecule has 6 heteroatoms. The van der Waals surface area contributed by atoms with Gasteiger partial charge in [-0.2, -0.15) is 0 Å². The van der Waals surface area contributed by atoms with Crippen molar-refractivity contribution < 1.29 is 19.1 Å². The monoisotopic (exact) mass is 278 g/mol. The van der Waals surface area contributed by atoms with Crippen LogP contribution >= 0.6 is 0 Å². The van der Waals surface area contributed by atoms with E-state index in [2.05, 4.69) is 5.92 Å². The molecule has 20 heavy (non-hydrogen) atoms. The minimum atomic E-state index is -1.16. The van der Waals surface area contributed by atoms with E-state index < -0.39 is 24.4 Å². The van der Waals surface area contributed by atoms with E-state index in [9.17, 15) is 14.0 Å². The minimum absolute atomic E-state index is 0.0339. The number of nitrogens with zero attached hydrogens (tertiary/aromatic N) is 2. The van der Waals surface area contributed by atoms with Crippen molar-refractivity contribution in [3.63, 3.8) is 0 Å². The summed E-state index contributed by atoms with van der Waals surface area (Å²) in [5.74, 6) is 0.644. The summed E-state index contributed by atoms with van der Waals surface area (Å²) in [7, 11) is 1.46. The predicted molar refractivity (Wildman–Crippen MR) is 71.3 cm³/mol. The van der Waals surface area contributed by atoms with Gasteiger partial charge in [0.05, 0.1) is 6.54 Å². The van der Waals surface area contributed by atoms with Gasteiger partial charge in [-0.05, 0) is 6.07 Å². The summed E-state index contributed by atoms with van der Waals surface area (Å²) < 4.78 is 13.5. The Morgan fingerprint density at radius 1 is 1.40 bits per heavy atom. The molecule has 2 amide bonds. The molecule has 0 saturated carbocycles. The van der Waals surface area contributed by atoms with E-state index in [1.54, 1.807) is 18.2 Å². The van der Waals surface area contributed by atoms with Crippen LogP contribution < -0.4 is 0 Å². The molecule has 106 valence electrons. The average Bonchev–Trinajstić information content (AvgIpc) is 2.39. The van der Waals surface area contributed by atoms with Gasteiger partial charge >= 0.3 is 12.0 Å². The van der Waals surface area contributed by atoms with Gasteiger partial charge in [-0.1, -0.05) is 24.1 Å². The van der Waals surface area contributed by atoms with Crippen LogP contribution in [0.15, 0.2) is 24.3 Å². The van der Waals surface area contributed by atoms with E-state index in [1.165, 1.54) is 18.0 Å². The SMILES string of the molecule is C#CCN(CC(=O)O)C(=O)N(C)Cc1ccccc1F. The van der Waals surface area contributed by atoms with Crippen LogP contribution in [0.1, 0.15) is 5.56 Å². The van der Waals surface area contributed by atoms with Gasteiger partial charge in [-0.15, -0.1) is 6.42 Å². The number of terminal acetylenes is 1. The second kappa shape index (κ2) is 7.14. The molecule has 0 spiro atoms. The molecule has 1 N–H and O–H groups in total. The van der Waals surface area contributed by atoms with Crippen LogP contribution in [-0.2, 0) is 11.3 Å². The van der Waals surface area contributed by atoms with Gasteiger partial charge in [0.1, 0.15) is 12.4 Å². The Kier molecular flexibility index (Phi) is 5.54. The fraction of sp³-hybridized carbons (Fsp3) is 0.286. The van der Waals surface area contributed by atoms with Crippen molar-refractivity contribution in [1.82, 2.24) is 9.80 Å². The molecule has 0 heterocycles. The Labute approximate surface area is 116 Å². The standard InChI is InChI=1S/C14H15FN2O3/c1-3-8-17(10-13(18)19)14(20)16(2)9-11-6-4-5-7-12(11)15/h1,4-7H,8-10H2,2H3,(H,18,19). The first-order valence-electron chi connectivity index (χ1n) is 5.84. The zero-order valence-corrected chi connectivity index (χ0v) is 11.0. The Bertz CT molecular complexity index is 539. The van der Waals surface area contributed by atoms with Crippen LogP contribution in [0.5, 0.6) is 0 Å². The number of rotatable bonds is 5. The molecule has 0 fully saturated rings. The first kappa shape index (κ1) is 15.5. The number of halogens is 1. The van der Waals surface area contributed by atoms with E-state index in [-0.39, 0.29) is 13.1 Å². The zero-order valence-electron chi connectivity index (χ0n) is 11.0. The molecule has 0 atom stereocenters. The van der Waals surface area contributed by atoms with Crippen molar-refractivity contribution in [3.05, 3.63) is 35.6 Å². The van der Waals surface area contributed by atoms with Crippen molar-refractivity contribution in [2.45, 2.75) is 6.54 Å². The summed E-state index contributed by atoms with van der Waals surface area (Å²) in [6.07, 6.45) is 5.10. The van der Waals surface area contributed by atoms with E-state index in [1.807, 2.05) is 0 Å². The summed E-state index contributed by atoms with van der Waals surface area (Å²) in [4.78, 5) is 25.0. The molecule has 0 saturated heterocycles. The van der Waals surface area contributed by atoms with Crippen LogP contribution in [0.25, 0.3) is 0 Å². The number of urea groups is 1. The third-order valence-electron chi connectivity index (χ3n) is 2.57. The van der Waals surface area contributed by atoms with Gasteiger partial charge in [0.25, 0.3) is 0 Å². The van der Waals surface area contributed by atoms with E-state index >= 15 is 0 Å². The molecule has 0 unspecified atom stereocenters. The van der Waals surface area contributed by atoms with Crippen LogP contribution in [0.2, 0.25) is 0 Å². The van der Waals surface area contributed by atoms with Gasteiger partial charge in [0.2, 0.25) is 0 Å². The first-order chi connectivity index (χ1) is 9.45. The Balaban J connectivity index is 2.76. The maximum absolute atomic E-state index is 13.5. The molecule has 0 aliphatic heterocycles. The van der Waals surface area contributed by atoms with Crippen LogP contribution in [0.4, 0.5) is 9.18 Å². The fourth-order valence-electron chi connectivity index (χ4n) is 1.66. The van der Waals surface area contributed by atoms with E-state index in [4.69, 9.17) is 11.5 Å². The molecular weight excluding hydrogens is 263 g/mol. The minimum Gasteiger partial charge on any atom is -0.480 e. The molecule has 0 radical (unpaired) electrons. The summed E-state index contributed by atoms with van der Waals surface area (Å²) >= 11 is 0. The Hall–Kier alpha value is -2.55. The molecule has 1 aromatic carbocycles. The lowest BCUT2D eigenvalue weighted by Gasteiger charge is -2.25. The Morgan fingerprint density at radius 3 is 2.60 bits per heavy atom. The van der Waals surface area contributed by atoms with Gasteiger partial charge in [0, 0.05) is 19.2 Å². The van der Waals surface area contributed by atoms with Crippen molar-refractivity contribution in [2.24, 2.45) is 0 Å². The van der Waals surface area contributed by atoms with E-state index in [0.717, 1.165) is 4.90 Å². The summed E-state index contributed by atoms with van der Waals surface area (Å²) in [5.41, 5.74) is 0.347. The van der Waals surface area contributed by atoms with Crippen LogP contribution in [-0.4, -0.2) is 47.0 Å². The van der Waals surface area contributed by atoms with Crippen molar-refractivity contribution in [3.8, 4) is 12.3 Å². The lowest BCUT2D eigenvalue weighted by molar-refractivity contribution is -0.137. The maximum atomic E-state index is 13.5. The van der Waals surface area contributed by atoms with Crippen molar-refractivity contribution >= 4 is 12.0 Å². The Morgan fingerprint density at radius 2 is 2.05 bits per heavy atom. The van der Waals surface area contributed by atoms with E-state index in [0.29, 0.717) is 5.56 Å². The third-order valence-corrected chi connectivity index (χ3v) is 2.57. The number of hydrogen-bond acceptors (Lipinski definition) is 2. The number of amides is 2. The molecule has 0 aromatic heterocycles. The van der Waals surface area contributed by atoms with Crippen LogP contribution in [0.3, 0.4) is 0 Å². The highest BCUT2D eigenvalue weighted by Gasteiger charge is 2.20. The number of carboxylic acid groups (broad SMARTS) is 1. The molecule has 1 aromatic rings. The van der Waals surface area contributed by atoms with Crippen molar-refractivity contribution in [1.29, 1.82) is 0 Å². The third kappa shape index (κ3) is 4.28. The number of aliphatic carboxylic acids is 1. The number of benzene rings is 1. The van der Waals surface area contributed by atoms with Gasteiger partial charge in [-0.25, -0.2) is 9.18 Å². The lowest BCUT2D eigenvalue weighted by atomic mass is 10.2. The van der Waals surface area contributed by atoms with Crippen molar-refractivity contribution in [2.75, 3.05) is 20.1 Å². The largest absolute Gasteiger partial charge is 0.480 e. The second-order valence-electron chi connectivity index (χ2n) is 4.18. The molecule has 0 aliphatic rings. The highest BCUT2D eigenvalue weighted by atomic mass is 19.1. The second-order valence-corrected chi connectivity index (χ2v) is 4.18. The summed E-state index contributed by atoms with van der Waals surface area (Å²) in [6, 6.07) is 5.50. The average molecular weight is 278 g/mol.